The minimum absolute atomic E-state index is 0. The third-order valence-corrected chi connectivity index (χ3v) is 7.94. The van der Waals surface area contributed by atoms with Crippen molar-refractivity contribution in [2.24, 2.45) is 5.16 Å². The van der Waals surface area contributed by atoms with Gasteiger partial charge in [0.05, 0.1) is 30.1 Å². The van der Waals surface area contributed by atoms with E-state index in [2.05, 4.69) is 15.5 Å². The maximum atomic E-state index is 12.7. The number of fused-ring (bicyclic) bond motifs is 1. The number of carbonyl (C=O) groups excluding carboxylic acids is 3. The molecule has 2 fully saturated rings. The van der Waals surface area contributed by atoms with E-state index in [4.69, 9.17) is 15.2 Å². The van der Waals surface area contributed by atoms with E-state index in [1.807, 2.05) is 0 Å². The summed E-state index contributed by atoms with van der Waals surface area (Å²) in [5.41, 5.74) is 4.99. The van der Waals surface area contributed by atoms with Crippen LogP contribution in [0.4, 0.5) is 5.13 Å². The van der Waals surface area contributed by atoms with Crippen LogP contribution in [0.5, 0.6) is 0 Å². The van der Waals surface area contributed by atoms with Crippen LogP contribution in [-0.4, -0.2) is 81.0 Å². The second-order valence-electron chi connectivity index (χ2n) is 6.54. The number of hydrogen-bond acceptors (Lipinski definition) is 13. The smallest absolute Gasteiger partial charge is 0.543 e. The summed E-state index contributed by atoms with van der Waals surface area (Å²) in [6, 6.07) is -0.993. The monoisotopic (exact) mass is 509 g/mol. The summed E-state index contributed by atoms with van der Waals surface area (Å²) in [4.78, 5) is 42.5. The van der Waals surface area contributed by atoms with Crippen molar-refractivity contribution in [1.29, 1.82) is 0 Å². The van der Waals surface area contributed by atoms with Crippen LogP contribution in [0.15, 0.2) is 21.1 Å². The Morgan fingerprint density at radius 1 is 1.41 bits per heavy atom. The zero-order valence-corrected chi connectivity index (χ0v) is 21.1. The number of anilines is 1. The molecule has 32 heavy (non-hydrogen) atoms. The first-order valence-electron chi connectivity index (χ1n) is 8.86. The van der Waals surface area contributed by atoms with E-state index in [1.54, 1.807) is 0 Å². The molecule has 0 bridgehead atoms. The van der Waals surface area contributed by atoms with Crippen LogP contribution >= 0.6 is 34.9 Å². The topological polar surface area (TPSA) is 179 Å². The number of nitrogen functional groups attached to an aromatic ring is 1. The van der Waals surface area contributed by atoms with Crippen LogP contribution in [0.25, 0.3) is 0 Å². The van der Waals surface area contributed by atoms with E-state index in [0.29, 0.717) is 23.9 Å². The normalized spacial score (nSPS) is 23.8. The van der Waals surface area contributed by atoms with Crippen LogP contribution in [0, 0.1) is 0 Å². The first-order chi connectivity index (χ1) is 14.9. The van der Waals surface area contributed by atoms with E-state index in [1.165, 1.54) is 28.9 Å². The quantitative estimate of drug-likeness (QED) is 0.110. The maximum Gasteiger partial charge on any atom is 1.00 e. The summed E-state index contributed by atoms with van der Waals surface area (Å²) in [6.07, 6.45) is 0. The third kappa shape index (κ3) is 4.94. The molecule has 0 spiro atoms. The van der Waals surface area contributed by atoms with Gasteiger partial charge >= 0.3 is 29.6 Å². The van der Waals surface area contributed by atoms with Gasteiger partial charge in [0.2, 0.25) is 0 Å². The number of thioether (sulfide) groups is 2. The van der Waals surface area contributed by atoms with Crippen LogP contribution in [0.3, 0.4) is 0 Å². The van der Waals surface area contributed by atoms with E-state index in [0.717, 1.165) is 16.2 Å². The number of nitrogens with one attached hydrogen (secondary N) is 1. The number of amides is 2. The van der Waals surface area contributed by atoms with E-state index < -0.39 is 34.9 Å². The van der Waals surface area contributed by atoms with Gasteiger partial charge in [-0.2, -0.15) is 0 Å². The van der Waals surface area contributed by atoms with Gasteiger partial charge in [0, 0.05) is 16.0 Å². The zero-order valence-electron chi connectivity index (χ0n) is 16.7. The van der Waals surface area contributed by atoms with Crippen LogP contribution in [-0.2, 0) is 23.9 Å². The number of nitrogens with zero attached hydrogens (tertiary/aromatic N) is 3. The van der Waals surface area contributed by atoms with Crippen LogP contribution in [0.2, 0.25) is 0 Å². The first-order valence-corrected chi connectivity index (χ1v) is 11.7. The molecule has 1 aromatic rings. The summed E-state index contributed by atoms with van der Waals surface area (Å²) in [5.74, 6) is -2.59. The first kappa shape index (κ1) is 25.3. The van der Waals surface area contributed by atoms with Crippen molar-refractivity contribution in [3.63, 3.8) is 0 Å². The number of thiazole rings is 1. The van der Waals surface area contributed by atoms with Crippen LogP contribution < -0.4 is 45.7 Å². The summed E-state index contributed by atoms with van der Waals surface area (Å²) in [7, 11) is 0. The number of carbonyl (C=O) groups is 3. The predicted molar refractivity (Wildman–Crippen MR) is 110 cm³/mol. The third-order valence-electron chi connectivity index (χ3n) is 4.58. The van der Waals surface area contributed by atoms with Gasteiger partial charge in [0.25, 0.3) is 11.8 Å². The predicted octanol–water partition coefficient (Wildman–Crippen LogP) is -4.62. The standard InChI is InChI=1S/C16H17N5O7S3.Na/c17-16-18-7(3-30-16)9(20-26)12(22)19-10-13(23)21-11(15(24)25)8(4-29-14(10)21)31-6-1-27-5-28-2-6;/h3,6,10,14,26H,1-2,4-5H2,(H2,17,18)(H,19,22)(H,24,25);/q;+1/p-1/b20-9-;. The summed E-state index contributed by atoms with van der Waals surface area (Å²) in [6.45, 7) is 0.998. The Kier molecular flexibility index (Phi) is 8.48. The number of hydrogen-bond donors (Lipinski definition) is 3. The Bertz CT molecular complexity index is 981. The average molecular weight is 510 g/mol. The maximum absolute atomic E-state index is 12.7. The van der Waals surface area contributed by atoms with Crippen molar-refractivity contribution in [3.05, 3.63) is 21.7 Å². The molecule has 0 radical (unpaired) electrons. The molecule has 3 aliphatic rings. The van der Waals surface area contributed by atoms with Gasteiger partial charge in [0.15, 0.2) is 10.8 Å². The molecule has 166 valence electrons. The Labute approximate surface area is 216 Å². The number of aliphatic carboxylic acids is 1. The summed E-state index contributed by atoms with van der Waals surface area (Å²) < 4.78 is 10.5. The molecule has 0 saturated carbocycles. The van der Waals surface area contributed by atoms with Crippen molar-refractivity contribution in [3.8, 4) is 0 Å². The minimum Gasteiger partial charge on any atom is -0.543 e. The van der Waals surface area contributed by atoms with Crippen molar-refractivity contribution < 1.29 is 63.7 Å². The minimum atomic E-state index is -1.47. The molecular formula is C16H16N5NaO7S3. The van der Waals surface area contributed by atoms with Crippen molar-refractivity contribution >= 4 is 63.5 Å². The van der Waals surface area contributed by atoms with Crippen molar-refractivity contribution in [2.75, 3.05) is 31.5 Å². The molecule has 2 unspecified atom stereocenters. The number of ether oxygens (including phenoxy) is 2. The summed E-state index contributed by atoms with van der Waals surface area (Å²) >= 11 is 3.64. The number of nitrogens with two attached hydrogens (primary N) is 1. The van der Waals surface area contributed by atoms with Gasteiger partial charge in [-0.1, -0.05) is 5.16 Å². The van der Waals surface area contributed by atoms with Crippen LogP contribution in [0.1, 0.15) is 5.69 Å². The molecule has 4 rings (SSSR count). The molecule has 3 aliphatic heterocycles. The zero-order chi connectivity index (χ0) is 22.1. The number of carboxylic acid groups (broad SMARTS) is 1. The molecule has 4 heterocycles. The molecule has 2 atom stereocenters. The largest absolute Gasteiger partial charge is 1.00 e. The number of β-lactam (4-membered cyclic amide) rings is 1. The van der Waals surface area contributed by atoms with Gasteiger partial charge in [-0.15, -0.1) is 34.9 Å². The van der Waals surface area contributed by atoms with Gasteiger partial charge in [0.1, 0.15) is 23.9 Å². The fraction of sp³-hybridized carbons (Fsp3) is 0.438. The molecule has 16 heteroatoms. The Balaban J connectivity index is 0.00000289. The van der Waals surface area contributed by atoms with Crippen molar-refractivity contribution in [1.82, 2.24) is 15.2 Å². The number of oxime groups is 1. The second-order valence-corrected chi connectivity index (χ2v) is 9.93. The van der Waals surface area contributed by atoms with Crippen molar-refractivity contribution in [2.45, 2.75) is 16.7 Å². The SMILES string of the molecule is Nc1nc(/C(=N/O)C(=O)NC2C(=O)N3C(C(=O)[O-])=C(SC4COCOC4)CSC23)cs1.[Na+]. The van der Waals surface area contributed by atoms with Gasteiger partial charge < -0.3 is 35.6 Å². The average Bonchev–Trinajstić information content (AvgIpc) is 3.18. The van der Waals surface area contributed by atoms with Gasteiger partial charge in [-0.25, -0.2) is 4.98 Å². The fourth-order valence-electron chi connectivity index (χ4n) is 3.23. The molecule has 1 aromatic heterocycles. The Hall–Kier alpha value is -1.33. The van der Waals surface area contributed by atoms with Gasteiger partial charge in [-0.3, -0.25) is 14.5 Å². The molecule has 12 nitrogen and oxygen atoms in total. The van der Waals surface area contributed by atoms with Gasteiger partial charge in [-0.05, 0) is 0 Å². The Morgan fingerprint density at radius 3 is 2.72 bits per heavy atom. The molecule has 2 saturated heterocycles. The molecule has 0 aliphatic carbocycles. The molecular weight excluding hydrogens is 493 g/mol. The number of rotatable bonds is 6. The van der Waals surface area contributed by atoms with E-state index in [-0.39, 0.29) is 58.1 Å². The van der Waals surface area contributed by atoms with E-state index in [9.17, 15) is 24.7 Å². The Morgan fingerprint density at radius 2 is 2.12 bits per heavy atom. The summed E-state index contributed by atoms with van der Waals surface area (Å²) in [5, 5.41) is 27.3. The van der Waals surface area contributed by atoms with E-state index >= 15 is 0 Å². The molecule has 2 amide bonds. The number of aromatic nitrogens is 1. The number of carboxylic acids is 1. The molecule has 4 N–H and O–H groups in total. The fourth-order valence-corrected chi connectivity index (χ4v) is 6.47. The second kappa shape index (κ2) is 10.7. The molecule has 0 aromatic carbocycles.